The Labute approximate surface area is 178 Å². The van der Waals surface area contributed by atoms with Crippen LogP contribution < -0.4 is 10.1 Å². The summed E-state index contributed by atoms with van der Waals surface area (Å²) in [5.74, 6) is 0.753. The molecule has 3 aromatic heterocycles. The van der Waals surface area contributed by atoms with E-state index >= 15 is 0 Å². The van der Waals surface area contributed by atoms with Crippen molar-refractivity contribution in [3.05, 3.63) is 34.3 Å². The summed E-state index contributed by atoms with van der Waals surface area (Å²) in [6.07, 6.45) is 0. The quantitative estimate of drug-likeness (QED) is 0.446. The van der Waals surface area contributed by atoms with Gasteiger partial charge >= 0.3 is 0 Å². The highest BCUT2D eigenvalue weighted by Crippen LogP contribution is 2.36. The van der Waals surface area contributed by atoms with Crippen molar-refractivity contribution in [2.75, 3.05) is 18.2 Å². The Morgan fingerprint density at radius 3 is 2.76 bits per heavy atom. The summed E-state index contributed by atoms with van der Waals surface area (Å²) < 4.78 is 6.25. The molecule has 0 bridgehead atoms. The zero-order chi connectivity index (χ0) is 20.4. The van der Waals surface area contributed by atoms with Crippen molar-refractivity contribution in [2.45, 2.75) is 18.9 Å². The van der Waals surface area contributed by atoms with E-state index in [4.69, 9.17) is 4.74 Å². The number of benzene rings is 1. The van der Waals surface area contributed by atoms with E-state index in [0.717, 1.165) is 37.2 Å². The molecule has 3 heterocycles. The van der Waals surface area contributed by atoms with E-state index in [0.29, 0.717) is 10.2 Å². The number of rotatable bonds is 6. The first-order valence-corrected chi connectivity index (χ1v) is 11.2. The van der Waals surface area contributed by atoms with Crippen LogP contribution in [0.1, 0.15) is 10.0 Å². The molecule has 0 fully saturated rings. The molecule has 0 saturated heterocycles. The number of hydrogen-bond acceptors (Lipinski definition) is 10. The highest BCUT2D eigenvalue weighted by molar-refractivity contribution is 8.00. The molecule has 0 aliphatic rings. The molecule has 1 amide bonds. The van der Waals surface area contributed by atoms with E-state index in [2.05, 4.69) is 30.7 Å². The van der Waals surface area contributed by atoms with Crippen LogP contribution in [-0.4, -0.2) is 44.1 Å². The predicted molar refractivity (Wildman–Crippen MR) is 116 cm³/mol. The van der Waals surface area contributed by atoms with Crippen LogP contribution in [0.15, 0.2) is 29.3 Å². The second kappa shape index (κ2) is 8.39. The number of hydrogen-bond donors (Lipinski definition) is 1. The Bertz CT molecular complexity index is 1190. The second-order valence-corrected chi connectivity index (χ2v) is 9.31. The molecule has 0 aliphatic carbocycles. The van der Waals surface area contributed by atoms with E-state index in [-0.39, 0.29) is 11.7 Å². The van der Waals surface area contributed by atoms with Crippen LogP contribution >= 0.6 is 34.4 Å². The van der Waals surface area contributed by atoms with Gasteiger partial charge in [-0.3, -0.25) is 10.1 Å². The number of fused-ring (bicyclic) bond motifs is 1. The normalized spacial score (nSPS) is 11.0. The summed E-state index contributed by atoms with van der Waals surface area (Å²) in [6, 6.07) is 7.68. The molecule has 4 aromatic rings. The molecule has 4 rings (SSSR count). The molecular weight excluding hydrogens is 428 g/mol. The highest BCUT2D eigenvalue weighted by atomic mass is 32.2. The summed E-state index contributed by atoms with van der Waals surface area (Å²) in [7, 11) is 1.63. The molecule has 0 unspecified atom stereocenters. The third-order valence-electron chi connectivity index (χ3n) is 3.85. The van der Waals surface area contributed by atoms with Gasteiger partial charge in [-0.15, -0.1) is 31.7 Å². The van der Waals surface area contributed by atoms with Gasteiger partial charge in [-0.1, -0.05) is 35.2 Å². The average Bonchev–Trinajstić information content (AvgIpc) is 3.30. The maximum Gasteiger partial charge on any atom is 0.236 e. The molecular formula is C18H16N6O2S3. The van der Waals surface area contributed by atoms with Gasteiger partial charge in [0.1, 0.15) is 27.0 Å². The van der Waals surface area contributed by atoms with Gasteiger partial charge < -0.3 is 4.74 Å². The molecule has 1 aromatic carbocycles. The molecule has 1 N–H and O–H groups in total. The van der Waals surface area contributed by atoms with Gasteiger partial charge in [0.15, 0.2) is 0 Å². The topological polar surface area (TPSA) is 103 Å². The lowest BCUT2D eigenvalue weighted by atomic mass is 10.1. The summed E-state index contributed by atoms with van der Waals surface area (Å²) in [5.41, 5.74) is 2.42. The molecule has 0 spiro atoms. The summed E-state index contributed by atoms with van der Waals surface area (Å²) in [4.78, 5) is 16.8. The summed E-state index contributed by atoms with van der Waals surface area (Å²) >= 11 is 4.19. The van der Waals surface area contributed by atoms with Crippen molar-refractivity contribution in [3.8, 4) is 17.0 Å². The first kappa shape index (κ1) is 19.7. The first-order chi connectivity index (χ1) is 14.0. The number of anilines is 1. The Hall–Kier alpha value is -2.63. The van der Waals surface area contributed by atoms with Gasteiger partial charge in [-0.05, 0) is 26.0 Å². The molecule has 11 heteroatoms. The number of nitrogens with one attached hydrogen (secondary N) is 1. The number of aromatic nitrogens is 5. The third kappa shape index (κ3) is 4.36. The van der Waals surface area contributed by atoms with Crippen LogP contribution in [-0.2, 0) is 4.79 Å². The predicted octanol–water partition coefficient (Wildman–Crippen LogP) is 3.96. The van der Waals surface area contributed by atoms with Crippen LogP contribution in [0.25, 0.3) is 21.5 Å². The minimum absolute atomic E-state index is 0.176. The Morgan fingerprint density at radius 2 is 2.00 bits per heavy atom. The van der Waals surface area contributed by atoms with E-state index in [9.17, 15) is 4.79 Å². The number of thiazole rings is 1. The summed E-state index contributed by atoms with van der Waals surface area (Å²) in [5, 5.41) is 22.1. The zero-order valence-electron chi connectivity index (χ0n) is 15.8. The van der Waals surface area contributed by atoms with Crippen molar-refractivity contribution in [1.29, 1.82) is 0 Å². The number of carbonyl (C=O) groups is 1. The molecule has 0 atom stereocenters. The van der Waals surface area contributed by atoms with Gasteiger partial charge in [0, 0.05) is 5.56 Å². The van der Waals surface area contributed by atoms with Crippen molar-refractivity contribution in [3.63, 3.8) is 0 Å². The van der Waals surface area contributed by atoms with Crippen molar-refractivity contribution in [2.24, 2.45) is 0 Å². The number of thioether (sulfide) groups is 1. The number of ether oxygens (including phenoxy) is 1. The van der Waals surface area contributed by atoms with Crippen molar-refractivity contribution < 1.29 is 9.53 Å². The molecule has 29 heavy (non-hydrogen) atoms. The third-order valence-corrected chi connectivity index (χ3v) is 6.53. The molecule has 0 aliphatic heterocycles. The molecule has 0 radical (unpaired) electrons. The van der Waals surface area contributed by atoms with Gasteiger partial charge in [-0.25, -0.2) is 4.98 Å². The van der Waals surface area contributed by atoms with Gasteiger partial charge in [0.25, 0.3) is 0 Å². The van der Waals surface area contributed by atoms with Crippen molar-refractivity contribution >= 4 is 55.7 Å². The average molecular weight is 445 g/mol. The van der Waals surface area contributed by atoms with E-state index in [1.807, 2.05) is 38.1 Å². The lowest BCUT2D eigenvalue weighted by Crippen LogP contribution is -2.14. The molecule has 8 nitrogen and oxygen atoms in total. The van der Waals surface area contributed by atoms with Gasteiger partial charge in [0.05, 0.1) is 22.6 Å². The summed E-state index contributed by atoms with van der Waals surface area (Å²) in [6.45, 7) is 3.78. The Balaban J connectivity index is 1.58. The fraction of sp³-hybridized carbons (Fsp3) is 0.222. The lowest BCUT2D eigenvalue weighted by Gasteiger charge is -2.06. The van der Waals surface area contributed by atoms with Crippen LogP contribution in [0.4, 0.5) is 5.13 Å². The maximum atomic E-state index is 12.2. The van der Waals surface area contributed by atoms with Crippen LogP contribution in [0.5, 0.6) is 5.75 Å². The lowest BCUT2D eigenvalue weighted by molar-refractivity contribution is -0.113. The monoisotopic (exact) mass is 444 g/mol. The number of nitrogens with zero attached hydrogens (tertiary/aromatic N) is 5. The van der Waals surface area contributed by atoms with Crippen LogP contribution in [0, 0.1) is 13.8 Å². The number of carbonyl (C=O) groups excluding carboxylic acids is 1. The number of aryl methyl sites for hydroxylation is 2. The fourth-order valence-electron chi connectivity index (χ4n) is 2.61. The van der Waals surface area contributed by atoms with Crippen LogP contribution in [0.2, 0.25) is 0 Å². The van der Waals surface area contributed by atoms with Gasteiger partial charge in [0.2, 0.25) is 11.0 Å². The largest absolute Gasteiger partial charge is 0.497 e. The second-order valence-electron chi connectivity index (χ2n) is 5.96. The van der Waals surface area contributed by atoms with E-state index < -0.39 is 0 Å². The maximum absolute atomic E-state index is 12.2. The minimum atomic E-state index is -0.176. The minimum Gasteiger partial charge on any atom is -0.497 e. The standard InChI is InChI=1S/C18H16N6O2S3/c1-9-19-15-16(28-9)14(11-5-4-6-12(7-11)26-3)22-23-17(15)27-8-13(25)20-18-24-21-10(2)29-18/h4-7H,8H2,1-3H3,(H,20,24,25). The Morgan fingerprint density at radius 1 is 1.14 bits per heavy atom. The first-order valence-electron chi connectivity index (χ1n) is 8.54. The number of amides is 1. The van der Waals surface area contributed by atoms with E-state index in [1.54, 1.807) is 18.4 Å². The van der Waals surface area contributed by atoms with Crippen molar-refractivity contribution in [1.82, 2.24) is 25.4 Å². The zero-order valence-corrected chi connectivity index (χ0v) is 18.2. The SMILES string of the molecule is COc1cccc(-c2nnc(SCC(=O)Nc3nnc(C)s3)c3nc(C)sc23)c1. The molecule has 148 valence electrons. The van der Waals surface area contributed by atoms with Crippen LogP contribution in [0.3, 0.4) is 0 Å². The van der Waals surface area contributed by atoms with E-state index in [1.165, 1.54) is 23.1 Å². The van der Waals surface area contributed by atoms with Gasteiger partial charge in [-0.2, -0.15) is 0 Å². The smallest absolute Gasteiger partial charge is 0.236 e. The highest BCUT2D eigenvalue weighted by Gasteiger charge is 2.17. The number of methoxy groups -OCH3 is 1. The molecule has 0 saturated carbocycles. The fourth-order valence-corrected chi connectivity index (χ4v) is 4.94. The Kier molecular flexibility index (Phi) is 5.69.